The molecule has 54 heavy (non-hydrogen) atoms. The van der Waals surface area contributed by atoms with Gasteiger partial charge in [-0.15, -0.1) is 27.7 Å². The first-order chi connectivity index (χ1) is 26.3. The van der Waals surface area contributed by atoms with E-state index < -0.39 is 0 Å². The summed E-state index contributed by atoms with van der Waals surface area (Å²) in [5.74, 6) is 2.08. The fourth-order valence-electron chi connectivity index (χ4n) is 8.35. The molecule has 0 spiro atoms. The Bertz CT molecular complexity index is 3120. The van der Waals surface area contributed by atoms with E-state index in [1.54, 1.807) is 0 Å². The number of fused-ring (bicyclic) bond motifs is 9. The van der Waals surface area contributed by atoms with Crippen molar-refractivity contribution < 1.29 is 0 Å². The molecule has 0 radical (unpaired) electrons. The first kappa shape index (κ1) is 32.7. The standard InChI is InChI=1S/C45H32B5N3S/c46-38-37(39(47)41(49)42(50)40(38)48)45-52-43(23-8-2-1-3-9-23)51-44(53-45)26-16-19-36-34(22-26)33-21-25(15-18-35(33)54-36)24-14-17-31-29-12-5-4-10-27(29)28-11-6-7-13-30(28)32(31)20-24/h1-22H,46-50H2. The molecule has 248 valence electrons. The molecule has 0 aliphatic rings. The molecule has 3 nitrogen and oxygen atoms in total. The first-order valence-electron chi connectivity index (χ1n) is 18.5. The number of aromatic nitrogens is 3. The Morgan fingerprint density at radius 3 is 1.31 bits per heavy atom. The predicted octanol–water partition coefficient (Wildman–Crippen LogP) is 3.66. The smallest absolute Gasteiger partial charge is 0.164 e. The van der Waals surface area contributed by atoms with Crippen molar-refractivity contribution in [3.05, 3.63) is 133 Å². The summed E-state index contributed by atoms with van der Waals surface area (Å²) in [6.07, 6.45) is 0. The van der Waals surface area contributed by atoms with Crippen LogP contribution in [0.5, 0.6) is 0 Å². The average molecular weight is 701 g/mol. The van der Waals surface area contributed by atoms with Gasteiger partial charge in [0.15, 0.2) is 17.5 Å². The largest absolute Gasteiger partial charge is 0.208 e. The Hall–Kier alpha value is -5.91. The zero-order valence-electron chi connectivity index (χ0n) is 31.0. The summed E-state index contributed by atoms with van der Waals surface area (Å²) in [5.41, 5.74) is 11.8. The van der Waals surface area contributed by atoms with E-state index >= 15 is 0 Å². The van der Waals surface area contributed by atoms with Gasteiger partial charge in [-0.3, -0.25) is 0 Å². The molecular weight excluding hydrogens is 669 g/mol. The van der Waals surface area contributed by atoms with Crippen LogP contribution in [0.1, 0.15) is 0 Å². The monoisotopic (exact) mass is 701 g/mol. The van der Waals surface area contributed by atoms with Gasteiger partial charge in [-0.25, -0.2) is 15.0 Å². The molecule has 9 heteroatoms. The quantitative estimate of drug-likeness (QED) is 0.208. The molecule has 0 saturated carbocycles. The van der Waals surface area contributed by atoms with Crippen molar-refractivity contribution >= 4 is 130 Å². The Morgan fingerprint density at radius 1 is 0.315 bits per heavy atom. The van der Waals surface area contributed by atoms with E-state index in [4.69, 9.17) is 15.0 Å². The molecule has 0 fully saturated rings. The molecule has 2 heterocycles. The highest BCUT2D eigenvalue weighted by atomic mass is 32.1. The van der Waals surface area contributed by atoms with Crippen LogP contribution in [0.3, 0.4) is 0 Å². The van der Waals surface area contributed by atoms with E-state index in [-0.39, 0.29) is 0 Å². The van der Waals surface area contributed by atoms with Gasteiger partial charge in [0.1, 0.15) is 39.2 Å². The summed E-state index contributed by atoms with van der Waals surface area (Å²) in [6.45, 7) is 0. The maximum atomic E-state index is 5.23. The van der Waals surface area contributed by atoms with Crippen LogP contribution in [0.15, 0.2) is 133 Å². The van der Waals surface area contributed by atoms with Gasteiger partial charge < -0.3 is 0 Å². The average Bonchev–Trinajstić information content (AvgIpc) is 3.60. The highest BCUT2D eigenvalue weighted by Crippen LogP contribution is 2.41. The Labute approximate surface area is 322 Å². The normalized spacial score (nSPS) is 11.7. The van der Waals surface area contributed by atoms with E-state index in [2.05, 4.69) is 154 Å². The molecule has 0 saturated heterocycles. The van der Waals surface area contributed by atoms with Crippen molar-refractivity contribution in [3.63, 3.8) is 0 Å². The van der Waals surface area contributed by atoms with E-state index in [0.717, 1.165) is 16.7 Å². The van der Waals surface area contributed by atoms with E-state index in [0.29, 0.717) is 17.5 Å². The van der Waals surface area contributed by atoms with Gasteiger partial charge in [-0.2, -0.15) is 0 Å². The molecule has 2 aromatic heterocycles. The summed E-state index contributed by atoms with van der Waals surface area (Å²) in [7, 11) is 11.0. The van der Waals surface area contributed by atoms with Gasteiger partial charge in [0, 0.05) is 36.9 Å². The van der Waals surface area contributed by atoms with Gasteiger partial charge in [0.25, 0.3) is 0 Å². The maximum absolute atomic E-state index is 5.23. The fourth-order valence-corrected chi connectivity index (χ4v) is 9.42. The van der Waals surface area contributed by atoms with Crippen molar-refractivity contribution in [2.24, 2.45) is 0 Å². The minimum Gasteiger partial charge on any atom is -0.208 e. The third-order valence-electron chi connectivity index (χ3n) is 11.7. The zero-order chi connectivity index (χ0) is 36.7. The van der Waals surface area contributed by atoms with Crippen LogP contribution < -0.4 is 27.3 Å². The summed E-state index contributed by atoms with van der Waals surface area (Å²) < 4.78 is 2.51. The molecule has 0 bridgehead atoms. The highest BCUT2D eigenvalue weighted by molar-refractivity contribution is 7.25. The van der Waals surface area contributed by atoms with Crippen molar-refractivity contribution in [1.82, 2.24) is 15.0 Å². The topological polar surface area (TPSA) is 38.7 Å². The SMILES string of the molecule is Bc1c(B)c(B)c(-c2nc(-c3ccccc3)nc(-c3ccc4sc5ccc(-c6ccc7c8ccccc8c8ccccc8c7c6)cc5c4c3)n2)c(B)c1B. The number of hydrogen-bond donors (Lipinski definition) is 0. The Morgan fingerprint density at radius 2 is 0.722 bits per heavy atom. The minimum atomic E-state index is 0.680. The second kappa shape index (κ2) is 12.6. The molecule has 0 aliphatic carbocycles. The highest BCUT2D eigenvalue weighted by Gasteiger charge is 2.19. The van der Waals surface area contributed by atoms with Gasteiger partial charge >= 0.3 is 0 Å². The van der Waals surface area contributed by atoms with E-state index in [9.17, 15) is 0 Å². The number of hydrogen-bond acceptors (Lipinski definition) is 4. The molecular formula is C45H32B5N3S. The van der Waals surface area contributed by atoms with Gasteiger partial charge in [-0.1, -0.05) is 108 Å². The van der Waals surface area contributed by atoms with Crippen molar-refractivity contribution in [1.29, 1.82) is 0 Å². The van der Waals surface area contributed by atoms with Crippen molar-refractivity contribution in [3.8, 4) is 45.3 Å². The van der Waals surface area contributed by atoms with Crippen LogP contribution in [0.2, 0.25) is 0 Å². The second-order valence-corrected chi connectivity index (χ2v) is 15.6. The zero-order valence-corrected chi connectivity index (χ0v) is 31.8. The van der Waals surface area contributed by atoms with Crippen molar-refractivity contribution in [2.75, 3.05) is 0 Å². The van der Waals surface area contributed by atoms with Crippen molar-refractivity contribution in [2.45, 2.75) is 0 Å². The third-order valence-corrected chi connectivity index (χ3v) is 12.8. The van der Waals surface area contributed by atoms with Gasteiger partial charge in [0.05, 0.1) is 0 Å². The molecule has 0 unspecified atom stereocenters. The number of benzene rings is 8. The molecule has 10 rings (SSSR count). The molecule has 0 amide bonds. The Kier molecular flexibility index (Phi) is 7.64. The Balaban J connectivity index is 1.14. The van der Waals surface area contributed by atoms with Gasteiger partial charge in [-0.05, 0) is 79.8 Å². The number of thiophene rings is 1. The predicted molar refractivity (Wildman–Crippen MR) is 248 cm³/mol. The summed E-state index contributed by atoms with van der Waals surface area (Å²) in [5, 5.41) is 10.2. The van der Waals surface area contributed by atoms with Crippen LogP contribution >= 0.6 is 11.3 Å². The minimum absolute atomic E-state index is 0.680. The molecule has 0 N–H and O–H groups in total. The lowest BCUT2D eigenvalue weighted by Gasteiger charge is -2.20. The van der Waals surface area contributed by atoms with Crippen LogP contribution in [0.25, 0.3) is 97.8 Å². The molecule has 10 aromatic rings. The lowest BCUT2D eigenvalue weighted by atomic mass is 9.60. The van der Waals surface area contributed by atoms with Gasteiger partial charge in [0.2, 0.25) is 0 Å². The van der Waals surface area contributed by atoms with E-state index in [1.165, 1.54) is 90.9 Å². The molecule has 8 aromatic carbocycles. The van der Waals surface area contributed by atoms with Crippen LogP contribution in [-0.4, -0.2) is 54.2 Å². The fraction of sp³-hybridized carbons (Fsp3) is 0. The maximum Gasteiger partial charge on any atom is 0.164 e. The molecule has 0 atom stereocenters. The van der Waals surface area contributed by atoms with Crippen LogP contribution in [0.4, 0.5) is 0 Å². The second-order valence-electron chi connectivity index (χ2n) is 14.5. The summed E-state index contributed by atoms with van der Waals surface area (Å²) in [6, 6.07) is 48.3. The first-order valence-corrected chi connectivity index (χ1v) is 19.3. The lowest BCUT2D eigenvalue weighted by molar-refractivity contribution is 1.08. The van der Waals surface area contributed by atoms with E-state index in [1.807, 2.05) is 29.5 Å². The third kappa shape index (κ3) is 5.14. The van der Waals surface area contributed by atoms with Crippen LogP contribution in [-0.2, 0) is 0 Å². The number of nitrogens with zero attached hydrogens (tertiary/aromatic N) is 3. The summed E-state index contributed by atoms with van der Waals surface area (Å²) in [4.78, 5) is 15.5. The number of rotatable bonds is 4. The molecule has 0 aliphatic heterocycles. The summed E-state index contributed by atoms with van der Waals surface area (Å²) >= 11 is 1.83. The lowest BCUT2D eigenvalue weighted by Crippen LogP contribution is -2.55. The van der Waals surface area contributed by atoms with Crippen LogP contribution in [0, 0.1) is 0 Å².